The van der Waals surface area contributed by atoms with Gasteiger partial charge in [0.1, 0.15) is 6.54 Å². The monoisotopic (exact) mass is 389 g/mol. The molecule has 3 saturated heterocycles. The van der Waals surface area contributed by atoms with Gasteiger partial charge < -0.3 is 9.47 Å². The third-order valence-electron chi connectivity index (χ3n) is 7.96. The topological polar surface area (TPSA) is 28.5 Å². The van der Waals surface area contributed by atoms with E-state index in [0.29, 0.717) is 24.4 Å². The molecule has 2 bridgehead atoms. The van der Waals surface area contributed by atoms with Crippen molar-refractivity contribution in [2.75, 3.05) is 19.6 Å². The third kappa shape index (κ3) is 2.95. The highest BCUT2D eigenvalue weighted by Gasteiger charge is 2.46. The number of amides is 1. The van der Waals surface area contributed by atoms with Gasteiger partial charge in [0.2, 0.25) is 5.91 Å². The van der Waals surface area contributed by atoms with Gasteiger partial charge in [-0.05, 0) is 68.0 Å². The lowest BCUT2D eigenvalue weighted by Gasteiger charge is -2.54. The van der Waals surface area contributed by atoms with Crippen LogP contribution in [0.1, 0.15) is 38.5 Å². The Bertz CT molecular complexity index is 960. The van der Waals surface area contributed by atoms with Crippen LogP contribution in [0, 0.1) is 11.8 Å². The van der Waals surface area contributed by atoms with Crippen molar-refractivity contribution in [3.63, 3.8) is 0 Å². The number of fused-ring (bicyclic) bond motifs is 7. The molecule has 0 saturated carbocycles. The summed E-state index contributed by atoms with van der Waals surface area (Å²) >= 11 is 0. The van der Waals surface area contributed by atoms with Crippen LogP contribution in [-0.4, -0.2) is 52.0 Å². The van der Waals surface area contributed by atoms with E-state index in [4.69, 9.17) is 0 Å². The summed E-state index contributed by atoms with van der Waals surface area (Å²) in [6, 6.07) is 11.6. The van der Waals surface area contributed by atoms with Crippen molar-refractivity contribution < 1.29 is 4.79 Å². The summed E-state index contributed by atoms with van der Waals surface area (Å²) in [6.07, 6.45) is 12.4. The number of aromatic nitrogens is 1. The van der Waals surface area contributed by atoms with Gasteiger partial charge in [-0.3, -0.25) is 9.69 Å². The molecule has 2 unspecified atom stereocenters. The molecule has 0 radical (unpaired) electrons. The van der Waals surface area contributed by atoms with Crippen LogP contribution in [0.15, 0.2) is 48.2 Å². The van der Waals surface area contributed by atoms with Crippen LogP contribution in [0.3, 0.4) is 0 Å². The molecule has 1 aliphatic carbocycles. The van der Waals surface area contributed by atoms with Crippen LogP contribution >= 0.6 is 0 Å². The predicted molar refractivity (Wildman–Crippen MR) is 116 cm³/mol. The number of hydrogen-bond donors (Lipinski definition) is 0. The van der Waals surface area contributed by atoms with E-state index < -0.39 is 0 Å². The van der Waals surface area contributed by atoms with Crippen LogP contribution in [0.25, 0.3) is 10.9 Å². The Morgan fingerprint density at radius 2 is 2.00 bits per heavy atom. The van der Waals surface area contributed by atoms with Crippen molar-refractivity contribution in [3.05, 3.63) is 48.2 Å². The van der Waals surface area contributed by atoms with Crippen molar-refractivity contribution in [2.45, 2.75) is 57.2 Å². The van der Waals surface area contributed by atoms with Gasteiger partial charge in [0.05, 0.1) is 6.04 Å². The lowest BCUT2D eigenvalue weighted by molar-refractivity contribution is -0.136. The smallest absolute Gasteiger partial charge is 0.243 e. The number of likely N-dealkylation sites (tertiary alicyclic amines) is 1. The summed E-state index contributed by atoms with van der Waals surface area (Å²) in [4.78, 5) is 18.5. The van der Waals surface area contributed by atoms with E-state index in [9.17, 15) is 4.79 Å². The molecule has 4 nitrogen and oxygen atoms in total. The van der Waals surface area contributed by atoms with Crippen LogP contribution in [0.2, 0.25) is 0 Å². The van der Waals surface area contributed by atoms with Gasteiger partial charge in [-0.15, -0.1) is 0 Å². The molecule has 152 valence electrons. The molecule has 1 aromatic carbocycles. The van der Waals surface area contributed by atoms with Gasteiger partial charge in [0.15, 0.2) is 0 Å². The van der Waals surface area contributed by atoms with E-state index in [1.807, 2.05) is 0 Å². The Morgan fingerprint density at radius 1 is 1.07 bits per heavy atom. The minimum atomic E-state index is 0.293. The van der Waals surface area contributed by atoms with E-state index >= 15 is 0 Å². The molecular formula is C25H31N3O. The van der Waals surface area contributed by atoms with E-state index in [1.165, 1.54) is 50.6 Å². The molecule has 3 fully saturated rings. The maximum Gasteiger partial charge on any atom is 0.243 e. The quantitative estimate of drug-likeness (QED) is 0.725. The molecule has 3 aliphatic heterocycles. The van der Waals surface area contributed by atoms with Crippen LogP contribution in [0.4, 0.5) is 0 Å². The Balaban J connectivity index is 1.27. The fourth-order valence-electron chi connectivity index (χ4n) is 6.77. The molecule has 0 spiro atoms. The maximum atomic E-state index is 13.5. The SMILES string of the molecule is O=C(Cn1ccc2ccccc21)N1CCCC2=C[C@@H]3C[C@@H](CN4CCCCC34)C21. The first-order valence-electron chi connectivity index (χ1n) is 11.6. The van der Waals surface area contributed by atoms with Gasteiger partial charge in [-0.1, -0.05) is 36.3 Å². The molecular weight excluding hydrogens is 358 g/mol. The summed E-state index contributed by atoms with van der Waals surface area (Å²) in [7, 11) is 0. The van der Waals surface area contributed by atoms with Crippen molar-refractivity contribution in [1.82, 2.24) is 14.4 Å². The lowest BCUT2D eigenvalue weighted by atomic mass is 9.68. The zero-order valence-corrected chi connectivity index (χ0v) is 17.2. The normalized spacial score (nSPS) is 31.9. The van der Waals surface area contributed by atoms with Crippen LogP contribution in [-0.2, 0) is 11.3 Å². The minimum Gasteiger partial charge on any atom is -0.338 e. The number of carbonyl (C=O) groups excluding carboxylic acids is 1. The number of para-hydroxylation sites is 1. The molecule has 4 heteroatoms. The van der Waals surface area contributed by atoms with Crippen molar-refractivity contribution >= 4 is 16.8 Å². The molecule has 2 aromatic rings. The van der Waals surface area contributed by atoms with E-state index in [0.717, 1.165) is 30.4 Å². The highest BCUT2D eigenvalue weighted by molar-refractivity contribution is 5.83. The lowest BCUT2D eigenvalue weighted by Crippen LogP contribution is -2.60. The Morgan fingerprint density at radius 3 is 2.97 bits per heavy atom. The molecule has 6 rings (SSSR count). The number of hydrogen-bond acceptors (Lipinski definition) is 2. The molecule has 1 aromatic heterocycles. The number of rotatable bonds is 2. The van der Waals surface area contributed by atoms with Crippen molar-refractivity contribution in [2.24, 2.45) is 11.8 Å². The number of nitrogens with zero attached hydrogens (tertiary/aromatic N) is 3. The predicted octanol–water partition coefficient (Wildman–Crippen LogP) is 4.06. The number of piperidine rings is 3. The third-order valence-corrected chi connectivity index (χ3v) is 7.96. The number of carbonyl (C=O) groups is 1. The second-order valence-electron chi connectivity index (χ2n) is 9.60. The highest BCUT2D eigenvalue weighted by atomic mass is 16.2. The van der Waals surface area contributed by atoms with Gasteiger partial charge in [0, 0.05) is 30.8 Å². The first-order valence-corrected chi connectivity index (χ1v) is 11.6. The largest absolute Gasteiger partial charge is 0.338 e. The van der Waals surface area contributed by atoms with Crippen LogP contribution < -0.4 is 0 Å². The average molecular weight is 390 g/mol. The van der Waals surface area contributed by atoms with Crippen molar-refractivity contribution in [3.8, 4) is 0 Å². The van der Waals surface area contributed by atoms with Gasteiger partial charge in [-0.2, -0.15) is 0 Å². The fourth-order valence-corrected chi connectivity index (χ4v) is 6.77. The summed E-state index contributed by atoms with van der Waals surface area (Å²) in [5, 5.41) is 1.21. The van der Waals surface area contributed by atoms with E-state index in [1.54, 1.807) is 5.57 Å². The maximum absolute atomic E-state index is 13.5. The summed E-state index contributed by atoms with van der Waals surface area (Å²) in [5.41, 5.74) is 2.74. The molecule has 4 heterocycles. The van der Waals surface area contributed by atoms with Gasteiger partial charge in [-0.25, -0.2) is 0 Å². The number of benzene rings is 1. The summed E-state index contributed by atoms with van der Waals surface area (Å²) in [6.45, 7) is 3.83. The summed E-state index contributed by atoms with van der Waals surface area (Å²) < 4.78 is 2.13. The van der Waals surface area contributed by atoms with Crippen LogP contribution in [0.5, 0.6) is 0 Å². The first kappa shape index (κ1) is 17.8. The van der Waals surface area contributed by atoms with Gasteiger partial charge >= 0.3 is 0 Å². The standard InChI is InChI=1S/C25H31N3O/c29-24(17-27-13-10-18-6-1-2-8-22(18)27)28-12-5-7-19-14-20-15-21(25(19)28)16-26-11-4-3-9-23(20)26/h1-2,6,8,10,13-14,20-21,23,25H,3-5,7,9,11-12,15-17H2/t20-,21+,23?,25?/m1/s1. The zero-order chi connectivity index (χ0) is 19.4. The van der Waals surface area contributed by atoms with E-state index in [-0.39, 0.29) is 0 Å². The highest BCUT2D eigenvalue weighted by Crippen LogP contribution is 2.45. The fraction of sp³-hybridized carbons (Fsp3) is 0.560. The Kier molecular flexibility index (Phi) is 4.30. The molecule has 0 N–H and O–H groups in total. The second kappa shape index (κ2) is 7.02. The molecule has 1 amide bonds. The summed E-state index contributed by atoms with van der Waals surface area (Å²) in [5.74, 6) is 1.64. The zero-order valence-electron chi connectivity index (χ0n) is 17.2. The van der Waals surface area contributed by atoms with Gasteiger partial charge in [0.25, 0.3) is 0 Å². The first-order chi connectivity index (χ1) is 14.3. The average Bonchev–Trinajstić information content (AvgIpc) is 3.16. The Labute approximate surface area is 173 Å². The van der Waals surface area contributed by atoms with E-state index in [2.05, 4.69) is 57.0 Å². The molecule has 4 atom stereocenters. The second-order valence-corrected chi connectivity index (χ2v) is 9.60. The minimum absolute atomic E-state index is 0.293. The Hall–Kier alpha value is -2.07. The molecule has 4 aliphatic rings. The molecule has 29 heavy (non-hydrogen) atoms. The van der Waals surface area contributed by atoms with Crippen molar-refractivity contribution in [1.29, 1.82) is 0 Å².